The number of thioether (sulfide) groups is 2. The Morgan fingerprint density at radius 1 is 1.18 bits per heavy atom. The van der Waals surface area contributed by atoms with Crippen molar-refractivity contribution in [2.45, 2.75) is 37.8 Å². The SMILES string of the molecule is CCN=C(SCc1cc(=O)n2nc(CC)sc2n1)Sc1cccc(NC(=O)c2ccc(C)s2)c1. The van der Waals surface area contributed by atoms with Crippen LogP contribution in [0, 0.1) is 6.92 Å². The minimum atomic E-state index is -0.164. The molecule has 0 bridgehead atoms. The van der Waals surface area contributed by atoms with Crippen molar-refractivity contribution in [3.63, 3.8) is 0 Å². The van der Waals surface area contributed by atoms with Gasteiger partial charge >= 0.3 is 0 Å². The van der Waals surface area contributed by atoms with Crippen LogP contribution in [0.2, 0.25) is 0 Å². The number of nitrogens with zero attached hydrogens (tertiary/aromatic N) is 4. The van der Waals surface area contributed by atoms with Crippen LogP contribution in [0.15, 0.2) is 57.1 Å². The Hall–Kier alpha value is -2.47. The molecule has 4 rings (SSSR count). The molecule has 0 radical (unpaired) electrons. The number of rotatable bonds is 7. The van der Waals surface area contributed by atoms with Crippen LogP contribution in [-0.2, 0) is 12.2 Å². The van der Waals surface area contributed by atoms with Crippen molar-refractivity contribution in [2.24, 2.45) is 4.99 Å². The van der Waals surface area contributed by atoms with E-state index in [-0.39, 0.29) is 11.5 Å². The maximum atomic E-state index is 12.5. The van der Waals surface area contributed by atoms with E-state index >= 15 is 0 Å². The number of hydrogen-bond donors (Lipinski definition) is 1. The fourth-order valence-electron chi connectivity index (χ4n) is 2.97. The quantitative estimate of drug-likeness (QED) is 0.187. The first kappa shape index (κ1) is 24.6. The number of nitrogens with one attached hydrogen (secondary N) is 1. The van der Waals surface area contributed by atoms with Gasteiger partial charge in [0, 0.05) is 33.8 Å². The zero-order valence-electron chi connectivity index (χ0n) is 18.9. The Balaban J connectivity index is 1.44. The summed E-state index contributed by atoms with van der Waals surface area (Å²) in [4.78, 5) is 37.5. The normalized spacial score (nSPS) is 11.8. The van der Waals surface area contributed by atoms with Gasteiger partial charge in [0.2, 0.25) is 4.96 Å². The molecule has 34 heavy (non-hydrogen) atoms. The molecule has 3 heterocycles. The number of carbonyl (C=O) groups is 1. The second kappa shape index (κ2) is 11.3. The molecule has 0 atom stereocenters. The highest BCUT2D eigenvalue weighted by molar-refractivity contribution is 8.38. The van der Waals surface area contributed by atoms with Crippen molar-refractivity contribution in [1.29, 1.82) is 0 Å². The molecule has 0 saturated carbocycles. The molecule has 0 aliphatic rings. The van der Waals surface area contributed by atoms with Gasteiger partial charge in [-0.05, 0) is 50.6 Å². The molecule has 4 aromatic rings. The number of aryl methyl sites for hydroxylation is 2. The van der Waals surface area contributed by atoms with Crippen LogP contribution in [-0.4, -0.2) is 31.4 Å². The number of amides is 1. The molecule has 11 heteroatoms. The predicted octanol–water partition coefficient (Wildman–Crippen LogP) is 5.74. The van der Waals surface area contributed by atoms with Crippen molar-refractivity contribution < 1.29 is 4.79 Å². The van der Waals surface area contributed by atoms with Gasteiger partial charge in [-0.1, -0.05) is 47.9 Å². The molecule has 0 saturated heterocycles. The van der Waals surface area contributed by atoms with Crippen molar-refractivity contribution in [1.82, 2.24) is 14.6 Å². The summed E-state index contributed by atoms with van der Waals surface area (Å²) in [5.41, 5.74) is 1.28. The van der Waals surface area contributed by atoms with Gasteiger partial charge in [-0.3, -0.25) is 14.6 Å². The number of carbonyl (C=O) groups excluding carboxylic acids is 1. The molecule has 0 spiro atoms. The largest absolute Gasteiger partial charge is 0.321 e. The van der Waals surface area contributed by atoms with Crippen molar-refractivity contribution in [2.75, 3.05) is 11.9 Å². The van der Waals surface area contributed by atoms with Gasteiger partial charge in [0.1, 0.15) is 9.38 Å². The van der Waals surface area contributed by atoms with E-state index in [0.29, 0.717) is 27.8 Å². The van der Waals surface area contributed by atoms with E-state index in [4.69, 9.17) is 0 Å². The fraction of sp³-hybridized carbons (Fsp3) is 0.261. The first-order chi connectivity index (χ1) is 16.4. The van der Waals surface area contributed by atoms with E-state index in [1.54, 1.807) is 11.8 Å². The first-order valence-corrected chi connectivity index (χ1v) is 14.1. The monoisotopic (exact) mass is 529 g/mol. The summed E-state index contributed by atoms with van der Waals surface area (Å²) in [6, 6.07) is 13.0. The van der Waals surface area contributed by atoms with Crippen LogP contribution in [0.4, 0.5) is 5.69 Å². The average molecular weight is 530 g/mol. The third kappa shape index (κ3) is 6.15. The number of benzene rings is 1. The Morgan fingerprint density at radius 3 is 2.76 bits per heavy atom. The number of thiophene rings is 1. The highest BCUT2D eigenvalue weighted by Crippen LogP contribution is 2.30. The number of aliphatic imine (C=N–C) groups is 1. The molecule has 0 fully saturated rings. The fourth-order valence-corrected chi connectivity index (χ4v) is 6.66. The van der Waals surface area contributed by atoms with Gasteiger partial charge in [0.25, 0.3) is 11.5 Å². The third-order valence-corrected chi connectivity index (χ3v) is 8.80. The molecule has 3 aromatic heterocycles. The maximum absolute atomic E-state index is 12.5. The van der Waals surface area contributed by atoms with Gasteiger partial charge in [0.15, 0.2) is 0 Å². The van der Waals surface area contributed by atoms with E-state index in [1.807, 2.05) is 57.2 Å². The van der Waals surface area contributed by atoms with Crippen LogP contribution in [0.1, 0.15) is 39.1 Å². The number of hydrogen-bond acceptors (Lipinski definition) is 9. The van der Waals surface area contributed by atoms with Crippen LogP contribution in [0.5, 0.6) is 0 Å². The zero-order chi connectivity index (χ0) is 24.1. The summed E-state index contributed by atoms with van der Waals surface area (Å²) in [6.07, 6.45) is 0.772. The second-order valence-corrected chi connectivity index (χ2v) is 11.8. The molecule has 1 aromatic carbocycles. The Morgan fingerprint density at radius 2 is 2.03 bits per heavy atom. The highest BCUT2D eigenvalue weighted by Gasteiger charge is 2.12. The maximum Gasteiger partial charge on any atom is 0.275 e. The van der Waals surface area contributed by atoms with E-state index < -0.39 is 0 Å². The molecule has 7 nitrogen and oxygen atoms in total. The molecule has 1 N–H and O–H groups in total. The smallest absolute Gasteiger partial charge is 0.275 e. The van der Waals surface area contributed by atoms with E-state index in [0.717, 1.165) is 31.3 Å². The molecule has 0 aliphatic carbocycles. The van der Waals surface area contributed by atoms with Crippen molar-refractivity contribution in [3.8, 4) is 0 Å². The van der Waals surface area contributed by atoms with E-state index in [1.165, 1.54) is 45.0 Å². The van der Waals surface area contributed by atoms with E-state index in [9.17, 15) is 9.59 Å². The lowest BCUT2D eigenvalue weighted by molar-refractivity contribution is 0.103. The minimum Gasteiger partial charge on any atom is -0.321 e. The third-order valence-electron chi connectivity index (χ3n) is 4.53. The summed E-state index contributed by atoms with van der Waals surface area (Å²) >= 11 is 5.99. The molecular formula is C23H23N5O2S4. The first-order valence-electron chi connectivity index (χ1n) is 10.7. The second-order valence-electron chi connectivity index (χ2n) is 7.15. The lowest BCUT2D eigenvalue weighted by atomic mass is 10.3. The molecule has 0 unspecified atom stereocenters. The van der Waals surface area contributed by atoms with Crippen LogP contribution >= 0.6 is 46.2 Å². The van der Waals surface area contributed by atoms with E-state index in [2.05, 4.69) is 20.4 Å². The summed E-state index contributed by atoms with van der Waals surface area (Å²) in [5.74, 6) is 0.421. The summed E-state index contributed by atoms with van der Waals surface area (Å²) in [7, 11) is 0. The van der Waals surface area contributed by atoms with Crippen LogP contribution in [0.25, 0.3) is 4.96 Å². The Kier molecular flexibility index (Phi) is 8.19. The minimum absolute atomic E-state index is 0.112. The predicted molar refractivity (Wildman–Crippen MR) is 145 cm³/mol. The average Bonchev–Trinajstić information content (AvgIpc) is 3.44. The van der Waals surface area contributed by atoms with Gasteiger partial charge in [-0.25, -0.2) is 4.98 Å². The van der Waals surface area contributed by atoms with Crippen molar-refractivity contribution in [3.05, 3.63) is 73.3 Å². The Labute approximate surface area is 213 Å². The standard InChI is InChI=1S/C23H23N5O2S4/c1-4-19-27-28-20(29)12-16(26-22(28)34-19)13-31-23(24-5-2)33-17-8-6-7-15(11-17)25-21(30)18-10-9-14(3)32-18/h6-12H,4-5,13H2,1-3H3,(H,25,30). The topological polar surface area (TPSA) is 88.7 Å². The van der Waals surface area contributed by atoms with Crippen LogP contribution in [0.3, 0.4) is 0 Å². The van der Waals surface area contributed by atoms with Gasteiger partial charge in [-0.15, -0.1) is 11.3 Å². The van der Waals surface area contributed by atoms with Crippen molar-refractivity contribution >= 4 is 67.1 Å². The van der Waals surface area contributed by atoms with Gasteiger partial charge in [0.05, 0.1) is 10.6 Å². The summed E-state index contributed by atoms with van der Waals surface area (Å²) in [5, 5.41) is 8.15. The molecule has 1 amide bonds. The summed E-state index contributed by atoms with van der Waals surface area (Å²) < 4.78 is 2.24. The molecule has 176 valence electrons. The Bertz CT molecular complexity index is 1410. The molecule has 0 aliphatic heterocycles. The van der Waals surface area contributed by atoms with Crippen LogP contribution < -0.4 is 10.9 Å². The van der Waals surface area contributed by atoms with Gasteiger partial charge in [-0.2, -0.15) is 9.61 Å². The van der Waals surface area contributed by atoms with Gasteiger partial charge < -0.3 is 5.32 Å². The zero-order valence-corrected chi connectivity index (χ0v) is 22.2. The summed E-state index contributed by atoms with van der Waals surface area (Å²) in [6.45, 7) is 6.62. The lowest BCUT2D eigenvalue weighted by Gasteiger charge is -2.08. The highest BCUT2D eigenvalue weighted by atomic mass is 32.2. The molecular weight excluding hydrogens is 507 g/mol. The number of fused-ring (bicyclic) bond motifs is 1. The number of aromatic nitrogens is 3. The number of anilines is 1. The lowest BCUT2D eigenvalue weighted by Crippen LogP contribution is -2.15.